The topological polar surface area (TPSA) is 137 Å². The predicted molar refractivity (Wildman–Crippen MR) is 161 cm³/mol. The van der Waals surface area contributed by atoms with Gasteiger partial charge in [-0.1, -0.05) is 53.2 Å². The van der Waals surface area contributed by atoms with E-state index in [1.807, 2.05) is 0 Å². The summed E-state index contributed by atoms with van der Waals surface area (Å²) >= 11 is 0. The Balaban J connectivity index is 1.32. The zero-order valence-electron chi connectivity index (χ0n) is 27.1. The van der Waals surface area contributed by atoms with Gasteiger partial charge in [0.1, 0.15) is 18.3 Å². The number of aliphatic hydroxyl groups is 4. The Morgan fingerprint density at radius 2 is 1.63 bits per heavy atom. The second-order valence-corrected chi connectivity index (χ2v) is 17.3. The minimum Gasteiger partial charge on any atom is -0.481 e. The van der Waals surface area contributed by atoms with Crippen molar-refractivity contribution in [1.82, 2.24) is 0 Å². The average molecular weight is 605 g/mol. The van der Waals surface area contributed by atoms with Crippen LogP contribution in [-0.4, -0.2) is 75.4 Å². The van der Waals surface area contributed by atoms with Crippen LogP contribution in [0.25, 0.3) is 0 Å². The van der Waals surface area contributed by atoms with Crippen LogP contribution in [0.5, 0.6) is 0 Å². The molecule has 0 radical (unpaired) electrons. The monoisotopic (exact) mass is 604 g/mol. The van der Waals surface area contributed by atoms with Crippen LogP contribution in [0.15, 0.2) is 11.6 Å². The number of rotatable bonds is 4. The first-order valence-corrected chi connectivity index (χ1v) is 16.9. The van der Waals surface area contributed by atoms with Crippen LogP contribution in [0, 0.1) is 50.2 Å². The van der Waals surface area contributed by atoms with Gasteiger partial charge >= 0.3 is 5.97 Å². The molecule has 0 unspecified atom stereocenters. The molecule has 0 spiro atoms. The Hall–Kier alpha value is -1.03. The molecule has 5 aliphatic carbocycles. The van der Waals surface area contributed by atoms with Gasteiger partial charge in [0, 0.05) is 5.41 Å². The molecule has 0 bridgehead atoms. The Labute approximate surface area is 257 Å². The van der Waals surface area contributed by atoms with E-state index < -0.39 is 41.4 Å². The second kappa shape index (κ2) is 10.2. The fourth-order valence-electron chi connectivity index (χ4n) is 11.9. The number of aliphatic hydroxyl groups excluding tert-OH is 4. The minimum absolute atomic E-state index is 0.0154. The van der Waals surface area contributed by atoms with E-state index in [1.54, 1.807) is 0 Å². The van der Waals surface area contributed by atoms with E-state index >= 15 is 0 Å². The number of aliphatic carboxylic acids is 1. The molecule has 8 nitrogen and oxygen atoms in total. The quantitative estimate of drug-likeness (QED) is 0.231. The van der Waals surface area contributed by atoms with Gasteiger partial charge in [-0.05, 0) is 104 Å². The summed E-state index contributed by atoms with van der Waals surface area (Å²) in [7, 11) is 0. The lowest BCUT2D eigenvalue weighted by molar-refractivity contribution is -0.312. The maximum absolute atomic E-state index is 12.9. The smallest absolute Gasteiger partial charge is 0.310 e. The lowest BCUT2D eigenvalue weighted by Gasteiger charge is -2.71. The average Bonchev–Trinajstić information content (AvgIpc) is 2.94. The number of carboxylic acids is 1. The van der Waals surface area contributed by atoms with Gasteiger partial charge in [-0.2, -0.15) is 0 Å². The highest BCUT2D eigenvalue weighted by Crippen LogP contribution is 2.76. The first kappa shape index (κ1) is 31.9. The van der Waals surface area contributed by atoms with E-state index in [2.05, 4.69) is 47.6 Å². The number of hydrogen-bond acceptors (Lipinski definition) is 7. The lowest BCUT2D eigenvalue weighted by Crippen LogP contribution is -2.66. The molecule has 5 fully saturated rings. The van der Waals surface area contributed by atoms with Crippen molar-refractivity contribution in [3.63, 3.8) is 0 Å². The molecule has 0 aromatic heterocycles. The molecule has 1 aliphatic heterocycles. The van der Waals surface area contributed by atoms with Crippen molar-refractivity contribution < 1.29 is 39.8 Å². The van der Waals surface area contributed by atoms with Crippen LogP contribution < -0.4 is 0 Å². The molecule has 8 heteroatoms. The SMILES string of the molecule is CC1(C)CC[C@]2(C(=O)O)CC[C@]3(C)C(=CC[C@H]4[C@@]5(C)CC[C@H](O[C@@H]6OC[C@H](O)[C@H](O)[C@H]6O)[C@@](C)(CO)[C@@H]5CC[C@]43C)[C@H]2C1. The van der Waals surface area contributed by atoms with Crippen molar-refractivity contribution in [1.29, 1.82) is 0 Å². The molecule has 13 atom stereocenters. The molecule has 5 N–H and O–H groups in total. The number of carbonyl (C=O) groups is 1. The Bertz CT molecular complexity index is 1150. The van der Waals surface area contributed by atoms with E-state index in [0.29, 0.717) is 12.3 Å². The fourth-order valence-corrected chi connectivity index (χ4v) is 11.9. The molecule has 6 aliphatic rings. The Kier molecular flexibility index (Phi) is 7.60. The molecular weight excluding hydrogens is 548 g/mol. The fraction of sp³-hybridized carbons (Fsp3) is 0.914. The summed E-state index contributed by atoms with van der Waals surface area (Å²) in [6, 6.07) is 0. The molecular formula is C35H56O8. The van der Waals surface area contributed by atoms with Gasteiger partial charge in [0.2, 0.25) is 0 Å². The van der Waals surface area contributed by atoms with Crippen molar-refractivity contribution in [3.05, 3.63) is 11.6 Å². The van der Waals surface area contributed by atoms with Crippen LogP contribution in [0.1, 0.15) is 106 Å². The molecule has 43 heavy (non-hydrogen) atoms. The number of fused-ring (bicyclic) bond motifs is 7. The van der Waals surface area contributed by atoms with E-state index in [-0.39, 0.29) is 52.8 Å². The molecule has 1 saturated heterocycles. The van der Waals surface area contributed by atoms with Gasteiger partial charge in [0.25, 0.3) is 0 Å². The summed E-state index contributed by atoms with van der Waals surface area (Å²) in [5.41, 5.74) is 0.232. The molecule has 0 aromatic rings. The van der Waals surface area contributed by atoms with Gasteiger partial charge in [0.05, 0.1) is 24.7 Å². The van der Waals surface area contributed by atoms with Crippen molar-refractivity contribution >= 4 is 5.97 Å². The standard InChI is InChI=1S/C35H56O8/c1-30(2)13-15-35(29(40)41)16-14-33(5)20(21(35)17-30)7-8-24-31(3)11-10-25(43-28-27(39)26(38)22(37)18-42-28)32(4,19-36)23(31)9-12-34(24,33)6/h7,21-28,36-39H,8-19H2,1-6H3,(H,40,41)/t21-,22+,23-,24+,25+,26+,27-,28+,31+,32+,33-,34-,35+/m1/s1. The molecule has 0 amide bonds. The lowest BCUT2D eigenvalue weighted by atomic mass is 9.33. The maximum Gasteiger partial charge on any atom is 0.310 e. The third-order valence-electron chi connectivity index (χ3n) is 14.9. The van der Waals surface area contributed by atoms with Crippen molar-refractivity contribution in [2.75, 3.05) is 13.2 Å². The Morgan fingerprint density at radius 3 is 2.30 bits per heavy atom. The van der Waals surface area contributed by atoms with Gasteiger partial charge in [-0.25, -0.2) is 0 Å². The van der Waals surface area contributed by atoms with E-state index in [4.69, 9.17) is 9.47 Å². The molecule has 6 rings (SSSR count). The van der Waals surface area contributed by atoms with Crippen LogP contribution in [0.4, 0.5) is 0 Å². The van der Waals surface area contributed by atoms with Gasteiger partial charge in [0.15, 0.2) is 6.29 Å². The predicted octanol–water partition coefficient (Wildman–Crippen LogP) is 4.67. The first-order chi connectivity index (χ1) is 20.0. The number of ether oxygens (including phenoxy) is 2. The summed E-state index contributed by atoms with van der Waals surface area (Å²) in [6.45, 7) is 13.9. The third kappa shape index (κ3) is 4.32. The number of carboxylic acid groups (broad SMARTS) is 1. The zero-order chi connectivity index (χ0) is 31.4. The summed E-state index contributed by atoms with van der Waals surface area (Å²) in [6.07, 6.45) is 6.03. The van der Waals surface area contributed by atoms with Crippen LogP contribution in [-0.2, 0) is 14.3 Å². The summed E-state index contributed by atoms with van der Waals surface area (Å²) < 4.78 is 12.0. The summed E-state index contributed by atoms with van der Waals surface area (Å²) in [5, 5.41) is 52.3. The molecule has 0 aromatic carbocycles. The highest BCUT2D eigenvalue weighted by Gasteiger charge is 2.70. The summed E-state index contributed by atoms with van der Waals surface area (Å²) in [4.78, 5) is 12.9. The number of allylic oxidation sites excluding steroid dienone is 2. The highest BCUT2D eigenvalue weighted by molar-refractivity contribution is 5.76. The van der Waals surface area contributed by atoms with Crippen LogP contribution in [0.2, 0.25) is 0 Å². The molecule has 4 saturated carbocycles. The van der Waals surface area contributed by atoms with Crippen LogP contribution in [0.3, 0.4) is 0 Å². The highest BCUT2D eigenvalue weighted by atomic mass is 16.7. The Morgan fingerprint density at radius 1 is 0.930 bits per heavy atom. The van der Waals surface area contributed by atoms with E-state index in [9.17, 15) is 30.3 Å². The van der Waals surface area contributed by atoms with Gasteiger partial charge in [-0.3, -0.25) is 4.79 Å². The van der Waals surface area contributed by atoms with Crippen molar-refractivity contribution in [3.8, 4) is 0 Å². The number of hydrogen-bond donors (Lipinski definition) is 5. The molecule has 244 valence electrons. The van der Waals surface area contributed by atoms with Crippen molar-refractivity contribution in [2.45, 2.75) is 136 Å². The normalized spacial score (nSPS) is 54.3. The zero-order valence-corrected chi connectivity index (χ0v) is 27.1. The minimum atomic E-state index is -1.36. The summed E-state index contributed by atoms with van der Waals surface area (Å²) in [5.74, 6) is 0.0529. The molecule has 1 heterocycles. The van der Waals surface area contributed by atoms with E-state index in [1.165, 1.54) is 5.57 Å². The van der Waals surface area contributed by atoms with Crippen LogP contribution >= 0.6 is 0 Å². The van der Waals surface area contributed by atoms with Gasteiger partial charge in [-0.15, -0.1) is 0 Å². The van der Waals surface area contributed by atoms with Crippen molar-refractivity contribution in [2.24, 2.45) is 50.2 Å². The maximum atomic E-state index is 12.9. The largest absolute Gasteiger partial charge is 0.481 e. The second-order valence-electron chi connectivity index (χ2n) is 17.3. The van der Waals surface area contributed by atoms with Gasteiger partial charge < -0.3 is 35.0 Å². The van der Waals surface area contributed by atoms with E-state index in [0.717, 1.165) is 57.8 Å². The first-order valence-electron chi connectivity index (χ1n) is 16.9. The third-order valence-corrected chi connectivity index (χ3v) is 14.9.